The monoisotopic (exact) mass is 207 g/mol. The summed E-state index contributed by atoms with van der Waals surface area (Å²) in [5.74, 6) is 0.741. The zero-order valence-corrected chi connectivity index (χ0v) is 9.53. The molecule has 1 atom stereocenters. The van der Waals surface area contributed by atoms with Crippen molar-refractivity contribution in [1.29, 1.82) is 0 Å². The normalized spacial score (nSPS) is 21.0. The molecule has 2 heterocycles. The summed E-state index contributed by atoms with van der Waals surface area (Å²) in [6.45, 7) is 5.85. The lowest BCUT2D eigenvalue weighted by Crippen LogP contribution is -2.30. The van der Waals surface area contributed by atoms with Gasteiger partial charge in [0.1, 0.15) is 5.69 Å². The highest BCUT2D eigenvalue weighted by molar-refractivity contribution is 5.92. The number of carbonyl (C=O) groups is 1. The van der Waals surface area contributed by atoms with Gasteiger partial charge in [-0.3, -0.25) is 9.48 Å². The second-order valence-electron chi connectivity index (χ2n) is 4.44. The zero-order chi connectivity index (χ0) is 11.0. The van der Waals surface area contributed by atoms with E-state index in [0.29, 0.717) is 11.6 Å². The third kappa shape index (κ3) is 1.89. The largest absolute Gasteiger partial charge is 0.337 e. The summed E-state index contributed by atoms with van der Waals surface area (Å²) in [6, 6.07) is 1.85. The number of likely N-dealkylation sites (tertiary alicyclic amines) is 1. The lowest BCUT2D eigenvalue weighted by molar-refractivity contribution is 0.0777. The van der Waals surface area contributed by atoms with Crippen LogP contribution in [0.5, 0.6) is 0 Å². The maximum absolute atomic E-state index is 12.1. The molecule has 0 N–H and O–H groups in total. The van der Waals surface area contributed by atoms with Gasteiger partial charge in [0, 0.05) is 20.1 Å². The highest BCUT2D eigenvalue weighted by atomic mass is 16.2. The maximum atomic E-state index is 12.1. The minimum atomic E-state index is 0.113. The minimum absolute atomic E-state index is 0.113. The molecule has 0 unspecified atom stereocenters. The smallest absolute Gasteiger partial charge is 0.272 e. The molecular weight excluding hydrogens is 190 g/mol. The third-order valence-electron chi connectivity index (χ3n) is 2.93. The fourth-order valence-electron chi connectivity index (χ4n) is 2.09. The van der Waals surface area contributed by atoms with E-state index in [1.807, 2.05) is 24.9 Å². The van der Waals surface area contributed by atoms with Crippen molar-refractivity contribution in [3.05, 3.63) is 17.5 Å². The summed E-state index contributed by atoms with van der Waals surface area (Å²) < 4.78 is 1.67. The van der Waals surface area contributed by atoms with E-state index in [1.165, 1.54) is 0 Å². The van der Waals surface area contributed by atoms with Crippen molar-refractivity contribution in [3.8, 4) is 0 Å². The van der Waals surface area contributed by atoms with Gasteiger partial charge < -0.3 is 4.90 Å². The highest BCUT2D eigenvalue weighted by Gasteiger charge is 2.25. The number of carbonyl (C=O) groups excluding carboxylic acids is 1. The standard InChI is InChI=1S/C11H17N3O/c1-8-4-5-14(7-8)11(15)10-6-9(2)12-13(10)3/h6,8H,4-5,7H2,1-3H3/t8-/m1/s1. The number of hydrogen-bond donors (Lipinski definition) is 0. The quantitative estimate of drug-likeness (QED) is 0.694. The van der Waals surface area contributed by atoms with Crippen LogP contribution < -0.4 is 0 Å². The van der Waals surface area contributed by atoms with Crippen molar-refractivity contribution in [2.24, 2.45) is 13.0 Å². The molecule has 0 saturated carbocycles. The van der Waals surface area contributed by atoms with E-state index in [1.54, 1.807) is 4.68 Å². The van der Waals surface area contributed by atoms with Gasteiger partial charge in [-0.2, -0.15) is 5.10 Å². The summed E-state index contributed by atoms with van der Waals surface area (Å²) in [5.41, 5.74) is 1.59. The Balaban J connectivity index is 2.17. The molecule has 0 spiro atoms. The molecule has 1 aliphatic rings. The maximum Gasteiger partial charge on any atom is 0.272 e. The van der Waals surface area contributed by atoms with E-state index in [0.717, 1.165) is 25.2 Å². The van der Waals surface area contributed by atoms with Crippen LogP contribution >= 0.6 is 0 Å². The van der Waals surface area contributed by atoms with Crippen LogP contribution in [-0.4, -0.2) is 33.7 Å². The fourth-order valence-corrected chi connectivity index (χ4v) is 2.09. The summed E-state index contributed by atoms with van der Waals surface area (Å²) >= 11 is 0. The molecule has 0 aliphatic carbocycles. The van der Waals surface area contributed by atoms with Crippen LogP contribution in [0.15, 0.2) is 6.07 Å². The van der Waals surface area contributed by atoms with Gasteiger partial charge in [-0.1, -0.05) is 6.92 Å². The van der Waals surface area contributed by atoms with Gasteiger partial charge in [0.2, 0.25) is 0 Å². The van der Waals surface area contributed by atoms with Crippen molar-refractivity contribution in [2.75, 3.05) is 13.1 Å². The number of nitrogens with zero attached hydrogens (tertiary/aromatic N) is 3. The predicted octanol–water partition coefficient (Wildman–Crippen LogP) is 1.21. The van der Waals surface area contributed by atoms with Gasteiger partial charge in [-0.15, -0.1) is 0 Å². The van der Waals surface area contributed by atoms with E-state index in [2.05, 4.69) is 12.0 Å². The van der Waals surface area contributed by atoms with Crippen molar-refractivity contribution in [2.45, 2.75) is 20.3 Å². The number of amides is 1. The van der Waals surface area contributed by atoms with Crippen LogP contribution in [0.1, 0.15) is 29.5 Å². The molecule has 0 radical (unpaired) electrons. The van der Waals surface area contributed by atoms with Crippen molar-refractivity contribution in [3.63, 3.8) is 0 Å². The van der Waals surface area contributed by atoms with E-state index in [-0.39, 0.29) is 5.91 Å². The molecule has 1 saturated heterocycles. The van der Waals surface area contributed by atoms with Gasteiger partial charge in [-0.25, -0.2) is 0 Å². The van der Waals surface area contributed by atoms with Crippen LogP contribution in [0, 0.1) is 12.8 Å². The first kappa shape index (κ1) is 10.2. The summed E-state index contributed by atoms with van der Waals surface area (Å²) in [6.07, 6.45) is 1.11. The Morgan fingerprint density at radius 2 is 2.33 bits per heavy atom. The first-order valence-corrected chi connectivity index (χ1v) is 5.38. The number of hydrogen-bond acceptors (Lipinski definition) is 2. The molecule has 1 aliphatic heterocycles. The van der Waals surface area contributed by atoms with Crippen LogP contribution in [0.4, 0.5) is 0 Å². The topological polar surface area (TPSA) is 38.1 Å². The molecule has 0 aromatic carbocycles. The molecule has 1 amide bonds. The molecule has 1 fully saturated rings. The third-order valence-corrected chi connectivity index (χ3v) is 2.93. The average Bonchev–Trinajstić information content (AvgIpc) is 2.71. The Hall–Kier alpha value is -1.32. The first-order chi connectivity index (χ1) is 7.08. The Morgan fingerprint density at radius 1 is 1.60 bits per heavy atom. The van der Waals surface area contributed by atoms with Crippen LogP contribution in [0.3, 0.4) is 0 Å². The summed E-state index contributed by atoms with van der Waals surface area (Å²) in [4.78, 5) is 14.0. The van der Waals surface area contributed by atoms with Gasteiger partial charge in [0.25, 0.3) is 5.91 Å². The second kappa shape index (κ2) is 3.68. The van der Waals surface area contributed by atoms with Gasteiger partial charge in [0.05, 0.1) is 5.69 Å². The number of rotatable bonds is 1. The lowest BCUT2D eigenvalue weighted by Gasteiger charge is -2.15. The number of aromatic nitrogens is 2. The molecule has 4 nitrogen and oxygen atoms in total. The summed E-state index contributed by atoms with van der Waals surface area (Å²) in [5, 5.41) is 4.19. The Bertz CT molecular complexity index is 383. The van der Waals surface area contributed by atoms with E-state index in [9.17, 15) is 4.79 Å². The average molecular weight is 207 g/mol. The Morgan fingerprint density at radius 3 is 2.80 bits per heavy atom. The number of aryl methyl sites for hydroxylation is 2. The molecule has 15 heavy (non-hydrogen) atoms. The minimum Gasteiger partial charge on any atom is -0.337 e. The fraction of sp³-hybridized carbons (Fsp3) is 0.636. The van der Waals surface area contributed by atoms with Crippen molar-refractivity contribution in [1.82, 2.24) is 14.7 Å². The van der Waals surface area contributed by atoms with Gasteiger partial charge in [-0.05, 0) is 25.3 Å². The highest BCUT2D eigenvalue weighted by Crippen LogP contribution is 2.17. The summed E-state index contributed by atoms with van der Waals surface area (Å²) in [7, 11) is 1.82. The molecule has 1 aromatic rings. The lowest BCUT2D eigenvalue weighted by atomic mass is 10.2. The van der Waals surface area contributed by atoms with Crippen LogP contribution in [-0.2, 0) is 7.05 Å². The Labute approximate surface area is 89.9 Å². The molecule has 2 rings (SSSR count). The molecule has 4 heteroatoms. The second-order valence-corrected chi connectivity index (χ2v) is 4.44. The zero-order valence-electron chi connectivity index (χ0n) is 9.53. The van der Waals surface area contributed by atoms with Crippen LogP contribution in [0.2, 0.25) is 0 Å². The predicted molar refractivity (Wildman–Crippen MR) is 57.6 cm³/mol. The molecule has 1 aromatic heterocycles. The van der Waals surface area contributed by atoms with Crippen molar-refractivity contribution >= 4 is 5.91 Å². The molecule has 0 bridgehead atoms. The SMILES string of the molecule is Cc1cc(C(=O)N2CC[C@@H](C)C2)n(C)n1. The first-order valence-electron chi connectivity index (χ1n) is 5.38. The van der Waals surface area contributed by atoms with Gasteiger partial charge in [0.15, 0.2) is 0 Å². The van der Waals surface area contributed by atoms with E-state index < -0.39 is 0 Å². The molecular formula is C11H17N3O. The van der Waals surface area contributed by atoms with E-state index >= 15 is 0 Å². The van der Waals surface area contributed by atoms with Gasteiger partial charge >= 0.3 is 0 Å². The molecule has 82 valence electrons. The van der Waals surface area contributed by atoms with Crippen molar-refractivity contribution < 1.29 is 4.79 Å². The van der Waals surface area contributed by atoms with E-state index in [4.69, 9.17) is 0 Å². The van der Waals surface area contributed by atoms with Crippen LogP contribution in [0.25, 0.3) is 0 Å². The Kier molecular flexibility index (Phi) is 2.50.